The third-order valence-corrected chi connectivity index (χ3v) is 3.81. The highest BCUT2D eigenvalue weighted by Crippen LogP contribution is 2.27. The fourth-order valence-electron chi connectivity index (χ4n) is 2.19. The Morgan fingerprint density at radius 2 is 1.96 bits per heavy atom. The van der Waals surface area contributed by atoms with Crippen LogP contribution in [0.4, 0.5) is 5.69 Å². The quantitative estimate of drug-likeness (QED) is 0.395. The van der Waals surface area contributed by atoms with E-state index in [1.54, 1.807) is 0 Å². The van der Waals surface area contributed by atoms with E-state index in [-0.39, 0.29) is 33.8 Å². The number of halogens is 1. The number of aromatic nitrogens is 2. The third kappa shape index (κ3) is 4.04. The van der Waals surface area contributed by atoms with Crippen molar-refractivity contribution in [3.05, 3.63) is 69.1 Å². The van der Waals surface area contributed by atoms with Gasteiger partial charge in [0.05, 0.1) is 4.92 Å². The first-order valence-electron chi connectivity index (χ1n) is 7.63. The Bertz CT molecular complexity index is 1000. The van der Waals surface area contributed by atoms with Crippen LogP contribution in [0.2, 0.25) is 5.02 Å². The van der Waals surface area contributed by atoms with Crippen LogP contribution in [0.1, 0.15) is 29.3 Å². The largest absolute Gasteiger partial charge is 0.507 e. The number of phenolic OH excluding ortho intramolecular Hbond substituents is 1. The van der Waals surface area contributed by atoms with Gasteiger partial charge in [-0.2, -0.15) is 0 Å². The average Bonchev–Trinajstić information content (AvgIpc) is 3.12. The number of nitro benzene ring substituents is 1. The highest BCUT2D eigenvalue weighted by Gasteiger charge is 2.22. The van der Waals surface area contributed by atoms with Crippen LogP contribution in [0.5, 0.6) is 5.75 Å². The number of nitro groups is 1. The molecule has 27 heavy (non-hydrogen) atoms. The van der Waals surface area contributed by atoms with Gasteiger partial charge in [0, 0.05) is 22.7 Å². The molecule has 0 aliphatic carbocycles. The lowest BCUT2D eigenvalue weighted by Gasteiger charge is -2.10. The van der Waals surface area contributed by atoms with Crippen LogP contribution in [0.15, 0.2) is 46.9 Å². The summed E-state index contributed by atoms with van der Waals surface area (Å²) in [5.41, 5.74) is 0.359. The minimum Gasteiger partial charge on any atom is -0.507 e. The van der Waals surface area contributed by atoms with Gasteiger partial charge in [0.2, 0.25) is 5.89 Å². The maximum Gasteiger partial charge on any atom is 0.342 e. The molecule has 138 valence electrons. The molecule has 0 radical (unpaired) electrons. The Morgan fingerprint density at radius 3 is 2.59 bits per heavy atom. The molecule has 0 amide bonds. The van der Waals surface area contributed by atoms with Gasteiger partial charge in [-0.15, -0.1) is 10.2 Å². The second-order valence-electron chi connectivity index (χ2n) is 5.46. The first-order chi connectivity index (χ1) is 12.8. The predicted molar refractivity (Wildman–Crippen MR) is 93.3 cm³/mol. The third-order valence-electron chi connectivity index (χ3n) is 3.58. The molecule has 0 aliphatic heterocycles. The van der Waals surface area contributed by atoms with Crippen LogP contribution >= 0.6 is 11.6 Å². The zero-order chi connectivity index (χ0) is 19.6. The number of ether oxygens (including phenoxy) is 1. The van der Waals surface area contributed by atoms with Crippen molar-refractivity contribution in [3.8, 4) is 17.2 Å². The highest BCUT2D eigenvalue weighted by molar-refractivity contribution is 6.30. The molecule has 1 aromatic heterocycles. The van der Waals surface area contributed by atoms with E-state index in [4.69, 9.17) is 20.8 Å². The normalized spacial score (nSPS) is 11.8. The van der Waals surface area contributed by atoms with Crippen LogP contribution in [-0.4, -0.2) is 26.2 Å². The first-order valence-corrected chi connectivity index (χ1v) is 8.00. The molecule has 0 spiro atoms. The van der Waals surface area contributed by atoms with Crippen LogP contribution in [0.25, 0.3) is 11.5 Å². The summed E-state index contributed by atoms with van der Waals surface area (Å²) in [7, 11) is 0. The van der Waals surface area contributed by atoms with Crippen molar-refractivity contribution < 1.29 is 24.0 Å². The van der Waals surface area contributed by atoms with Crippen LogP contribution < -0.4 is 0 Å². The average molecular weight is 390 g/mol. The van der Waals surface area contributed by atoms with Crippen molar-refractivity contribution in [2.45, 2.75) is 13.0 Å². The number of benzene rings is 2. The number of aromatic hydroxyl groups is 1. The molecule has 10 heteroatoms. The molecular formula is C17H12ClN3O6. The molecule has 1 atom stereocenters. The van der Waals surface area contributed by atoms with Gasteiger partial charge in [0.25, 0.3) is 11.6 Å². The Morgan fingerprint density at radius 1 is 1.26 bits per heavy atom. The Kier molecular flexibility index (Phi) is 5.04. The number of carbonyl (C=O) groups excluding carboxylic acids is 1. The number of esters is 1. The number of carbonyl (C=O) groups is 1. The molecule has 1 N–H and O–H groups in total. The molecule has 0 saturated heterocycles. The number of non-ortho nitro benzene ring substituents is 1. The molecule has 0 saturated carbocycles. The van der Waals surface area contributed by atoms with Crippen molar-refractivity contribution in [2.75, 3.05) is 0 Å². The molecule has 0 fully saturated rings. The maximum atomic E-state index is 12.2. The second-order valence-corrected chi connectivity index (χ2v) is 5.89. The van der Waals surface area contributed by atoms with Crippen molar-refractivity contribution in [1.82, 2.24) is 10.2 Å². The number of phenols is 1. The number of hydrogen-bond acceptors (Lipinski definition) is 8. The lowest BCUT2D eigenvalue weighted by Crippen LogP contribution is -2.09. The van der Waals surface area contributed by atoms with E-state index in [0.29, 0.717) is 5.56 Å². The molecule has 0 unspecified atom stereocenters. The molecule has 9 nitrogen and oxygen atoms in total. The van der Waals surface area contributed by atoms with Gasteiger partial charge in [-0.25, -0.2) is 4.79 Å². The van der Waals surface area contributed by atoms with Gasteiger partial charge in [-0.3, -0.25) is 10.1 Å². The van der Waals surface area contributed by atoms with Gasteiger partial charge in [-0.05, 0) is 37.3 Å². The number of hydrogen-bond donors (Lipinski definition) is 1. The Hall–Kier alpha value is -3.46. The van der Waals surface area contributed by atoms with Gasteiger partial charge in [0.1, 0.15) is 11.3 Å². The van der Waals surface area contributed by atoms with Crippen LogP contribution in [-0.2, 0) is 4.74 Å². The first kappa shape index (κ1) is 18.3. The van der Waals surface area contributed by atoms with Crippen LogP contribution in [0, 0.1) is 10.1 Å². The van der Waals surface area contributed by atoms with E-state index >= 15 is 0 Å². The second kappa shape index (κ2) is 7.42. The lowest BCUT2D eigenvalue weighted by molar-refractivity contribution is -0.384. The minimum atomic E-state index is -0.883. The summed E-state index contributed by atoms with van der Waals surface area (Å²) in [4.78, 5) is 22.3. The molecule has 3 aromatic rings. The SMILES string of the molecule is C[C@@H](OC(=O)c1ccc(Cl)cc1O)c1nnc(-c2ccc([N+](=O)[O-])cc2)o1. The molecular weight excluding hydrogens is 378 g/mol. The molecule has 2 aromatic carbocycles. The zero-order valence-electron chi connectivity index (χ0n) is 13.8. The van der Waals surface area contributed by atoms with E-state index in [0.717, 1.165) is 0 Å². The smallest absolute Gasteiger partial charge is 0.342 e. The van der Waals surface area contributed by atoms with E-state index in [2.05, 4.69) is 10.2 Å². The maximum absolute atomic E-state index is 12.2. The molecule has 0 bridgehead atoms. The van der Waals surface area contributed by atoms with Crippen molar-refractivity contribution in [3.63, 3.8) is 0 Å². The standard InChI is InChI=1S/C17H12ClN3O6/c1-9(26-17(23)13-7-4-11(18)8-14(13)22)15-19-20-16(27-15)10-2-5-12(6-3-10)21(24)25/h2-9,22H,1H3/t9-/m1/s1. The molecule has 3 rings (SSSR count). The van der Waals surface area contributed by atoms with Gasteiger partial charge in [0.15, 0.2) is 6.10 Å². The van der Waals surface area contributed by atoms with Crippen molar-refractivity contribution in [2.24, 2.45) is 0 Å². The summed E-state index contributed by atoms with van der Waals surface area (Å²) in [6, 6.07) is 9.57. The summed E-state index contributed by atoms with van der Waals surface area (Å²) in [6.07, 6.45) is -0.883. The molecule has 1 heterocycles. The Labute approximate surface area is 157 Å². The molecule has 0 aliphatic rings. The van der Waals surface area contributed by atoms with Crippen molar-refractivity contribution in [1.29, 1.82) is 0 Å². The topological polar surface area (TPSA) is 129 Å². The summed E-state index contributed by atoms with van der Waals surface area (Å²) >= 11 is 5.73. The fraction of sp³-hybridized carbons (Fsp3) is 0.118. The van der Waals surface area contributed by atoms with Gasteiger partial charge < -0.3 is 14.3 Å². The van der Waals surface area contributed by atoms with E-state index < -0.39 is 17.0 Å². The van der Waals surface area contributed by atoms with E-state index in [1.807, 2.05) is 0 Å². The van der Waals surface area contributed by atoms with E-state index in [1.165, 1.54) is 49.4 Å². The van der Waals surface area contributed by atoms with Crippen LogP contribution in [0.3, 0.4) is 0 Å². The van der Waals surface area contributed by atoms with Crippen molar-refractivity contribution >= 4 is 23.3 Å². The summed E-state index contributed by atoms with van der Waals surface area (Å²) in [5, 5.41) is 28.4. The Balaban J connectivity index is 1.73. The number of nitrogens with zero attached hydrogens (tertiary/aromatic N) is 3. The highest BCUT2D eigenvalue weighted by atomic mass is 35.5. The summed E-state index contributed by atoms with van der Waals surface area (Å²) in [5.74, 6) is -0.939. The fourth-order valence-corrected chi connectivity index (χ4v) is 2.36. The van der Waals surface area contributed by atoms with E-state index in [9.17, 15) is 20.0 Å². The minimum absolute atomic E-state index is 0.0326. The van der Waals surface area contributed by atoms with Gasteiger partial charge >= 0.3 is 5.97 Å². The predicted octanol–water partition coefficient (Wildman–Crippen LogP) is 3.92. The summed E-state index contributed by atoms with van der Waals surface area (Å²) in [6.45, 7) is 1.53. The van der Waals surface area contributed by atoms with Gasteiger partial charge in [-0.1, -0.05) is 11.6 Å². The monoisotopic (exact) mass is 389 g/mol. The number of rotatable bonds is 5. The summed E-state index contributed by atoms with van der Waals surface area (Å²) < 4.78 is 10.7. The lowest BCUT2D eigenvalue weighted by atomic mass is 10.2. The zero-order valence-corrected chi connectivity index (χ0v) is 14.6.